The summed E-state index contributed by atoms with van der Waals surface area (Å²) in [6.45, 7) is 0. The van der Waals surface area contributed by atoms with E-state index in [1.165, 1.54) is 12.1 Å². The van der Waals surface area contributed by atoms with Crippen molar-refractivity contribution in [3.63, 3.8) is 0 Å². The third-order valence-corrected chi connectivity index (χ3v) is 3.55. The van der Waals surface area contributed by atoms with Crippen molar-refractivity contribution in [2.45, 2.75) is 0 Å². The summed E-state index contributed by atoms with van der Waals surface area (Å²) in [6, 6.07) is 5.73. The van der Waals surface area contributed by atoms with E-state index in [-0.39, 0.29) is 10.0 Å². The molecule has 2 aromatic rings. The number of hydrogen-bond acceptors (Lipinski definition) is 1. The van der Waals surface area contributed by atoms with E-state index in [4.69, 9.17) is 0 Å². The lowest BCUT2D eigenvalue weighted by atomic mass is 10.0. The maximum absolute atomic E-state index is 13.8. The zero-order valence-electron chi connectivity index (χ0n) is 9.18. The molecule has 19 heavy (non-hydrogen) atoms. The van der Waals surface area contributed by atoms with Gasteiger partial charge in [0.25, 0.3) is 0 Å². The highest BCUT2D eigenvalue weighted by molar-refractivity contribution is 9.10. The van der Waals surface area contributed by atoms with E-state index >= 15 is 0 Å². The fourth-order valence-corrected chi connectivity index (χ4v) is 2.21. The van der Waals surface area contributed by atoms with Gasteiger partial charge in [0.05, 0.1) is 15.6 Å². The molecule has 0 aliphatic rings. The number of ketones is 1. The van der Waals surface area contributed by atoms with Crippen molar-refractivity contribution in [1.29, 1.82) is 0 Å². The van der Waals surface area contributed by atoms with Crippen LogP contribution in [0, 0.1) is 17.5 Å². The first kappa shape index (κ1) is 14.3. The molecule has 0 unspecified atom stereocenters. The molecule has 2 rings (SSSR count). The monoisotopic (exact) mass is 392 g/mol. The number of hydrogen-bond donors (Lipinski definition) is 0. The molecule has 0 N–H and O–H groups in total. The summed E-state index contributed by atoms with van der Waals surface area (Å²) in [7, 11) is 0. The van der Waals surface area contributed by atoms with Crippen LogP contribution in [-0.4, -0.2) is 5.78 Å². The van der Waals surface area contributed by atoms with Gasteiger partial charge in [-0.3, -0.25) is 4.79 Å². The highest BCUT2D eigenvalue weighted by Gasteiger charge is 2.23. The van der Waals surface area contributed by atoms with Gasteiger partial charge in [0.2, 0.25) is 5.78 Å². The number of benzene rings is 2. The number of halogens is 5. The second-order valence-electron chi connectivity index (χ2n) is 3.67. The fourth-order valence-electron chi connectivity index (χ4n) is 1.54. The summed E-state index contributed by atoms with van der Waals surface area (Å²) in [5.74, 6) is -3.97. The number of rotatable bonds is 2. The summed E-state index contributed by atoms with van der Waals surface area (Å²) in [6.07, 6.45) is 0. The number of carbonyl (C=O) groups excluding carboxylic acids is 1. The van der Waals surface area contributed by atoms with Crippen LogP contribution in [0.2, 0.25) is 0 Å². The highest BCUT2D eigenvalue weighted by atomic mass is 79.9. The van der Waals surface area contributed by atoms with Crippen LogP contribution in [0.15, 0.2) is 39.3 Å². The lowest BCUT2D eigenvalue weighted by Crippen LogP contribution is -2.10. The van der Waals surface area contributed by atoms with Gasteiger partial charge >= 0.3 is 0 Å². The summed E-state index contributed by atoms with van der Waals surface area (Å²) in [5, 5.41) is 0. The Balaban J connectivity index is 2.59. The van der Waals surface area contributed by atoms with Crippen LogP contribution in [0.1, 0.15) is 15.9 Å². The average Bonchev–Trinajstić information content (AvgIpc) is 2.34. The first-order chi connectivity index (χ1) is 8.91. The zero-order valence-corrected chi connectivity index (χ0v) is 12.4. The van der Waals surface area contributed by atoms with Crippen LogP contribution in [0.25, 0.3) is 0 Å². The molecule has 0 aromatic heterocycles. The van der Waals surface area contributed by atoms with Crippen molar-refractivity contribution < 1.29 is 18.0 Å². The van der Waals surface area contributed by atoms with Gasteiger partial charge < -0.3 is 0 Å². The van der Waals surface area contributed by atoms with E-state index in [0.717, 1.165) is 18.2 Å². The van der Waals surface area contributed by atoms with Crippen LogP contribution >= 0.6 is 31.9 Å². The summed E-state index contributed by atoms with van der Waals surface area (Å²) in [4.78, 5) is 12.0. The molecule has 6 heteroatoms. The highest BCUT2D eigenvalue weighted by Crippen LogP contribution is 2.25. The molecule has 2 aromatic carbocycles. The van der Waals surface area contributed by atoms with Crippen molar-refractivity contribution in [3.05, 3.63) is 67.9 Å². The molecular formula is C13H5Br2F3O. The van der Waals surface area contributed by atoms with Crippen LogP contribution in [0.4, 0.5) is 13.2 Å². The topological polar surface area (TPSA) is 17.1 Å². The Hall–Kier alpha value is -1.14. The van der Waals surface area contributed by atoms with Crippen LogP contribution in [0.3, 0.4) is 0 Å². The molecule has 0 spiro atoms. The zero-order chi connectivity index (χ0) is 14.2. The standard InChI is InChI=1S/C13H5Br2F3O/c14-6-1-2-7(10(17)5-6)13(19)11-9(16)4-3-8(15)12(11)18/h1-5H. The quantitative estimate of drug-likeness (QED) is 0.526. The van der Waals surface area contributed by atoms with E-state index in [0.29, 0.717) is 4.47 Å². The van der Waals surface area contributed by atoms with Crippen LogP contribution in [0.5, 0.6) is 0 Å². The largest absolute Gasteiger partial charge is 0.288 e. The van der Waals surface area contributed by atoms with E-state index < -0.39 is 28.8 Å². The average molecular weight is 394 g/mol. The van der Waals surface area contributed by atoms with Crippen molar-refractivity contribution in [2.75, 3.05) is 0 Å². The SMILES string of the molecule is O=C(c1ccc(Br)cc1F)c1c(F)ccc(Br)c1F. The fraction of sp³-hybridized carbons (Fsp3) is 0. The summed E-state index contributed by atoms with van der Waals surface area (Å²) >= 11 is 5.89. The normalized spacial score (nSPS) is 10.6. The molecule has 0 bridgehead atoms. The molecule has 0 aliphatic carbocycles. The molecule has 0 amide bonds. The van der Waals surface area contributed by atoms with E-state index in [9.17, 15) is 18.0 Å². The lowest BCUT2D eigenvalue weighted by Gasteiger charge is -2.07. The summed E-state index contributed by atoms with van der Waals surface area (Å²) in [5.41, 5.74) is -1.17. The van der Waals surface area contributed by atoms with Crippen LogP contribution < -0.4 is 0 Å². The van der Waals surface area contributed by atoms with E-state index in [2.05, 4.69) is 31.9 Å². The van der Waals surface area contributed by atoms with Gasteiger partial charge in [0, 0.05) is 4.47 Å². The minimum Gasteiger partial charge on any atom is -0.288 e. The molecule has 0 atom stereocenters. The smallest absolute Gasteiger partial charge is 0.201 e. The third-order valence-electron chi connectivity index (χ3n) is 2.45. The first-order valence-electron chi connectivity index (χ1n) is 5.05. The van der Waals surface area contributed by atoms with Gasteiger partial charge in [-0.25, -0.2) is 13.2 Å². The van der Waals surface area contributed by atoms with Crippen molar-refractivity contribution in [2.24, 2.45) is 0 Å². The van der Waals surface area contributed by atoms with Gasteiger partial charge in [-0.05, 0) is 46.3 Å². The van der Waals surface area contributed by atoms with Gasteiger partial charge in [-0.15, -0.1) is 0 Å². The Kier molecular flexibility index (Phi) is 4.10. The predicted molar refractivity (Wildman–Crippen MR) is 71.6 cm³/mol. The molecule has 0 heterocycles. The maximum atomic E-state index is 13.8. The molecule has 0 saturated heterocycles. The maximum Gasteiger partial charge on any atom is 0.201 e. The van der Waals surface area contributed by atoms with Gasteiger partial charge in [-0.1, -0.05) is 15.9 Å². The molecule has 0 radical (unpaired) electrons. The van der Waals surface area contributed by atoms with Crippen LogP contribution in [-0.2, 0) is 0 Å². The summed E-state index contributed by atoms with van der Waals surface area (Å²) < 4.78 is 41.3. The Morgan fingerprint density at radius 1 is 0.947 bits per heavy atom. The molecule has 0 fully saturated rings. The van der Waals surface area contributed by atoms with Gasteiger partial charge in [0.1, 0.15) is 11.6 Å². The second kappa shape index (κ2) is 5.46. The molecule has 1 nitrogen and oxygen atoms in total. The minimum atomic E-state index is -1.05. The van der Waals surface area contributed by atoms with Crippen molar-refractivity contribution >= 4 is 37.6 Å². The van der Waals surface area contributed by atoms with Gasteiger partial charge in [0.15, 0.2) is 5.82 Å². The molecular weight excluding hydrogens is 389 g/mol. The van der Waals surface area contributed by atoms with Gasteiger partial charge in [-0.2, -0.15) is 0 Å². The Bertz CT molecular complexity index is 671. The first-order valence-corrected chi connectivity index (χ1v) is 6.63. The molecule has 0 saturated carbocycles. The Morgan fingerprint density at radius 2 is 1.63 bits per heavy atom. The van der Waals surface area contributed by atoms with Crippen molar-refractivity contribution in [1.82, 2.24) is 0 Å². The predicted octanol–water partition coefficient (Wildman–Crippen LogP) is 4.86. The minimum absolute atomic E-state index is 0.0604. The lowest BCUT2D eigenvalue weighted by molar-refractivity contribution is 0.102. The Morgan fingerprint density at radius 3 is 2.26 bits per heavy atom. The number of carbonyl (C=O) groups is 1. The van der Waals surface area contributed by atoms with E-state index in [1.807, 2.05) is 0 Å². The third kappa shape index (κ3) is 2.74. The van der Waals surface area contributed by atoms with E-state index in [1.54, 1.807) is 0 Å². The Labute approximate surface area is 123 Å². The van der Waals surface area contributed by atoms with Crippen molar-refractivity contribution in [3.8, 4) is 0 Å². The molecule has 98 valence electrons. The molecule has 0 aliphatic heterocycles. The second-order valence-corrected chi connectivity index (χ2v) is 5.44.